The fraction of sp³-hybridized carbons (Fsp3) is 0.364. The summed E-state index contributed by atoms with van der Waals surface area (Å²) in [6, 6.07) is 12.7. The van der Waals surface area contributed by atoms with Gasteiger partial charge in [0.2, 0.25) is 5.91 Å². The zero-order chi connectivity index (χ0) is 32.6. The number of carboxylic acids is 1. The highest BCUT2D eigenvalue weighted by Crippen LogP contribution is 2.56. The lowest BCUT2D eigenvalue weighted by atomic mass is 9.62. The first-order valence-corrected chi connectivity index (χ1v) is 14.7. The third-order valence-corrected chi connectivity index (χ3v) is 8.64. The molecule has 4 rings (SSSR count). The molecule has 44 heavy (non-hydrogen) atoms. The van der Waals surface area contributed by atoms with Crippen molar-refractivity contribution in [3.63, 3.8) is 0 Å². The number of aromatic carboxylic acids is 1. The molecule has 1 aliphatic rings. The Hall–Kier alpha value is -3.71. The predicted octanol–water partition coefficient (Wildman–Crippen LogP) is 7.67. The molecule has 0 radical (unpaired) electrons. The number of hydrogen-bond donors (Lipinski definition) is 2. The van der Waals surface area contributed by atoms with Crippen LogP contribution in [0.4, 0.5) is 14.5 Å². The molecule has 4 atom stereocenters. The second-order valence-corrected chi connectivity index (χ2v) is 12.8. The van der Waals surface area contributed by atoms with Crippen LogP contribution in [-0.2, 0) is 10.2 Å². The molecule has 0 bridgehead atoms. The van der Waals surface area contributed by atoms with E-state index in [0.717, 1.165) is 6.07 Å². The van der Waals surface area contributed by atoms with Gasteiger partial charge in [0.1, 0.15) is 22.8 Å². The van der Waals surface area contributed by atoms with E-state index in [-0.39, 0.29) is 44.7 Å². The maximum absolute atomic E-state index is 16.0. The van der Waals surface area contributed by atoms with Crippen molar-refractivity contribution in [1.82, 2.24) is 4.90 Å². The number of likely N-dealkylation sites (tertiary alicyclic amines) is 1. The van der Waals surface area contributed by atoms with Crippen LogP contribution in [-0.4, -0.2) is 47.6 Å². The normalized spacial score (nSPS) is 22.0. The summed E-state index contributed by atoms with van der Waals surface area (Å²) < 4.78 is 37.4. The van der Waals surface area contributed by atoms with E-state index in [1.165, 1.54) is 55.6 Å². The number of hydrogen-bond acceptors (Lipinski definition) is 5. The van der Waals surface area contributed by atoms with E-state index >= 15 is 8.78 Å². The summed E-state index contributed by atoms with van der Waals surface area (Å²) >= 11 is 12.4. The number of anilines is 1. The number of ether oxygens (including phenoxy) is 1. The van der Waals surface area contributed by atoms with Gasteiger partial charge < -0.3 is 15.2 Å². The number of likely N-dealkylation sites (N-methyl/N-ethyl adjacent to an activating group) is 1. The molecule has 232 valence electrons. The van der Waals surface area contributed by atoms with Gasteiger partial charge >= 0.3 is 5.97 Å². The summed E-state index contributed by atoms with van der Waals surface area (Å²) in [5, 5.41) is 23.3. The number of carboxylic acid groups (broad SMARTS) is 1. The number of rotatable bonds is 8. The Labute approximate surface area is 265 Å². The van der Waals surface area contributed by atoms with Crippen LogP contribution in [0.2, 0.25) is 10.0 Å². The van der Waals surface area contributed by atoms with Gasteiger partial charge in [0, 0.05) is 22.5 Å². The highest BCUT2D eigenvalue weighted by Gasteiger charge is 2.64. The molecule has 0 unspecified atom stereocenters. The van der Waals surface area contributed by atoms with Crippen LogP contribution in [0.25, 0.3) is 0 Å². The van der Waals surface area contributed by atoms with E-state index in [9.17, 15) is 20.0 Å². The van der Waals surface area contributed by atoms with E-state index in [0.29, 0.717) is 6.42 Å². The first kappa shape index (κ1) is 33.2. The molecule has 1 heterocycles. The van der Waals surface area contributed by atoms with Crippen LogP contribution >= 0.6 is 23.2 Å². The van der Waals surface area contributed by atoms with Crippen LogP contribution < -0.4 is 10.1 Å². The van der Waals surface area contributed by atoms with Crippen molar-refractivity contribution in [2.45, 2.75) is 57.5 Å². The number of carbonyl (C=O) groups is 2. The van der Waals surface area contributed by atoms with E-state index < -0.39 is 52.3 Å². The number of nitrogens with one attached hydrogen (secondary N) is 1. The summed E-state index contributed by atoms with van der Waals surface area (Å²) in [5.41, 5.74) is -2.09. The Kier molecular flexibility index (Phi) is 9.60. The topological polar surface area (TPSA) is 103 Å². The molecule has 0 spiro atoms. The third kappa shape index (κ3) is 5.99. The summed E-state index contributed by atoms with van der Waals surface area (Å²) in [4.78, 5) is 27.8. The number of benzene rings is 3. The molecule has 1 fully saturated rings. The maximum Gasteiger partial charge on any atom is 0.335 e. The largest absolute Gasteiger partial charge is 0.495 e. The lowest BCUT2D eigenvalue weighted by molar-refractivity contribution is -0.121. The van der Waals surface area contributed by atoms with E-state index in [4.69, 9.17) is 27.9 Å². The Morgan fingerprint density at radius 2 is 1.84 bits per heavy atom. The average Bonchev–Trinajstić information content (AvgIpc) is 3.22. The molecule has 3 aromatic rings. The highest BCUT2D eigenvalue weighted by molar-refractivity contribution is 6.31. The Morgan fingerprint density at radius 3 is 2.41 bits per heavy atom. The van der Waals surface area contributed by atoms with Crippen LogP contribution in [0.15, 0.2) is 54.6 Å². The van der Waals surface area contributed by atoms with Crippen molar-refractivity contribution in [2.75, 3.05) is 19.0 Å². The molecular weight excluding hydrogens is 611 g/mol. The molecule has 11 heteroatoms. The Balaban J connectivity index is 2.03. The van der Waals surface area contributed by atoms with E-state index in [1.807, 2.05) is 27.7 Å². The number of carbonyl (C=O) groups excluding carboxylic acids is 1. The van der Waals surface area contributed by atoms with Gasteiger partial charge in [-0.1, -0.05) is 69.1 Å². The first-order chi connectivity index (χ1) is 20.7. The van der Waals surface area contributed by atoms with Crippen molar-refractivity contribution >= 4 is 40.8 Å². The molecule has 0 aromatic heterocycles. The Morgan fingerprint density at radius 1 is 1.14 bits per heavy atom. The fourth-order valence-corrected chi connectivity index (χ4v) is 6.71. The average molecular weight is 645 g/mol. The number of nitriles is 1. The molecule has 1 aliphatic heterocycles. The minimum atomic E-state index is -1.78. The molecular formula is C33H33Cl2F2N3O4. The number of methoxy groups -OCH3 is 1. The summed E-state index contributed by atoms with van der Waals surface area (Å²) in [6.07, 6.45) is 0.343. The molecule has 3 aromatic carbocycles. The van der Waals surface area contributed by atoms with Crippen LogP contribution in [0.5, 0.6) is 5.75 Å². The van der Waals surface area contributed by atoms with Crippen molar-refractivity contribution in [1.29, 1.82) is 5.26 Å². The lowest BCUT2D eigenvalue weighted by Crippen LogP contribution is -2.47. The number of halogens is 4. The minimum absolute atomic E-state index is 0.0137. The standard InChI is InChI=1S/C33H33Cl2F2N3O4/c1-6-40-26(16-32(2,3)4)33(17-38,21-12-11-19(34)15-23(21)36)27(20-8-7-9-22(35)28(20)37)29(40)30(41)39-24-13-10-18(31(42)43)14-25(24)44-5/h7-15,26-27,29H,6,16H2,1-5H3,(H,39,41)(H,42,43)/t26-,27-,29+,33-/m0/s1. The van der Waals surface area contributed by atoms with Crippen molar-refractivity contribution < 1.29 is 28.2 Å². The van der Waals surface area contributed by atoms with Crippen LogP contribution in [0.1, 0.15) is 61.5 Å². The summed E-state index contributed by atoms with van der Waals surface area (Å²) in [7, 11) is 1.33. The molecule has 0 saturated carbocycles. The highest BCUT2D eigenvalue weighted by atomic mass is 35.5. The predicted molar refractivity (Wildman–Crippen MR) is 165 cm³/mol. The smallest absolute Gasteiger partial charge is 0.335 e. The van der Waals surface area contributed by atoms with Crippen molar-refractivity contribution in [3.05, 3.63) is 93.0 Å². The minimum Gasteiger partial charge on any atom is -0.495 e. The molecule has 0 aliphatic carbocycles. The maximum atomic E-state index is 16.0. The molecule has 2 N–H and O–H groups in total. The molecule has 1 saturated heterocycles. The van der Waals surface area contributed by atoms with Crippen molar-refractivity contribution in [3.8, 4) is 11.8 Å². The van der Waals surface area contributed by atoms with Crippen molar-refractivity contribution in [2.24, 2.45) is 5.41 Å². The van der Waals surface area contributed by atoms with Gasteiger partial charge in [-0.3, -0.25) is 9.69 Å². The third-order valence-electron chi connectivity index (χ3n) is 8.11. The first-order valence-electron chi connectivity index (χ1n) is 14.0. The zero-order valence-corrected chi connectivity index (χ0v) is 26.4. The van der Waals surface area contributed by atoms with E-state index in [1.54, 1.807) is 4.90 Å². The van der Waals surface area contributed by atoms with Gasteiger partial charge in [0.15, 0.2) is 0 Å². The van der Waals surface area contributed by atoms with E-state index in [2.05, 4.69) is 11.4 Å². The van der Waals surface area contributed by atoms with Crippen LogP contribution in [0.3, 0.4) is 0 Å². The summed E-state index contributed by atoms with van der Waals surface area (Å²) in [6.45, 7) is 7.98. The second kappa shape index (κ2) is 12.7. The SMILES string of the molecule is CCN1[C@@H](CC(C)(C)C)[C@](C#N)(c2ccc(Cl)cc2F)[C@@H](c2cccc(Cl)c2F)[C@@H]1C(=O)Nc1ccc(C(=O)O)cc1OC. The monoisotopic (exact) mass is 643 g/mol. The molecule has 1 amide bonds. The fourth-order valence-electron chi connectivity index (χ4n) is 6.37. The quantitative estimate of drug-likeness (QED) is 0.261. The van der Waals surface area contributed by atoms with Crippen LogP contribution in [0, 0.1) is 28.4 Å². The lowest BCUT2D eigenvalue weighted by Gasteiger charge is -2.39. The number of nitrogens with zero attached hydrogens (tertiary/aromatic N) is 2. The second-order valence-electron chi connectivity index (χ2n) is 12.0. The summed E-state index contributed by atoms with van der Waals surface area (Å²) in [5.74, 6) is -4.53. The van der Waals surface area contributed by atoms with Gasteiger partial charge in [-0.15, -0.1) is 0 Å². The zero-order valence-electron chi connectivity index (χ0n) is 24.9. The van der Waals surface area contributed by atoms with Gasteiger partial charge in [0.05, 0.1) is 35.5 Å². The number of amides is 1. The van der Waals surface area contributed by atoms with Gasteiger partial charge in [-0.2, -0.15) is 5.26 Å². The van der Waals surface area contributed by atoms with Gasteiger partial charge in [-0.05, 0) is 60.3 Å². The molecule has 7 nitrogen and oxygen atoms in total. The Bertz CT molecular complexity index is 1640. The van der Waals surface area contributed by atoms with Gasteiger partial charge in [0.25, 0.3) is 0 Å². The van der Waals surface area contributed by atoms with Gasteiger partial charge in [-0.25, -0.2) is 13.6 Å².